The molecule has 0 aliphatic carbocycles. The fourth-order valence-electron chi connectivity index (χ4n) is 1.25. The fourth-order valence-corrected chi connectivity index (χ4v) is 1.63. The summed E-state index contributed by atoms with van der Waals surface area (Å²) in [6.07, 6.45) is 2.60. The lowest BCUT2D eigenvalue weighted by Gasteiger charge is -2.05. The maximum absolute atomic E-state index is 10.8. The van der Waals surface area contributed by atoms with Gasteiger partial charge in [0.15, 0.2) is 0 Å². The van der Waals surface area contributed by atoms with Crippen molar-refractivity contribution in [3.05, 3.63) is 57.3 Å². The second kappa shape index (κ2) is 4.92. The first kappa shape index (κ1) is 11.5. The number of aromatic nitrogens is 1. The quantitative estimate of drug-likeness (QED) is 0.641. The van der Waals surface area contributed by atoms with E-state index < -0.39 is 4.92 Å². The first-order valence-corrected chi connectivity index (χ1v) is 5.48. The van der Waals surface area contributed by atoms with Crippen LogP contribution in [-0.4, -0.2) is 9.91 Å². The highest BCUT2D eigenvalue weighted by molar-refractivity contribution is 9.10. The van der Waals surface area contributed by atoms with Gasteiger partial charge in [0, 0.05) is 16.7 Å². The van der Waals surface area contributed by atoms with Crippen molar-refractivity contribution in [2.75, 3.05) is 0 Å². The summed E-state index contributed by atoms with van der Waals surface area (Å²) in [6, 6.07) is 8.53. The summed E-state index contributed by atoms with van der Waals surface area (Å²) in [6.45, 7) is 0. The number of halogens is 1. The van der Waals surface area contributed by atoms with Crippen molar-refractivity contribution in [3.8, 4) is 11.5 Å². The molecular weight excluding hydrogens is 288 g/mol. The molecule has 0 saturated carbocycles. The summed E-state index contributed by atoms with van der Waals surface area (Å²) in [4.78, 5) is 13.9. The van der Waals surface area contributed by atoms with Gasteiger partial charge >= 0.3 is 5.69 Å². The Kier molecular flexibility index (Phi) is 3.34. The van der Waals surface area contributed by atoms with Crippen LogP contribution in [0.2, 0.25) is 0 Å². The molecule has 0 unspecified atom stereocenters. The third-order valence-electron chi connectivity index (χ3n) is 1.98. The number of rotatable bonds is 3. The van der Waals surface area contributed by atoms with Crippen LogP contribution < -0.4 is 4.74 Å². The van der Waals surface area contributed by atoms with Gasteiger partial charge in [-0.1, -0.05) is 22.0 Å². The Balaban J connectivity index is 2.33. The van der Waals surface area contributed by atoms with Crippen molar-refractivity contribution < 1.29 is 9.66 Å². The van der Waals surface area contributed by atoms with Gasteiger partial charge in [0.1, 0.15) is 11.9 Å². The largest absolute Gasteiger partial charge is 0.450 e. The van der Waals surface area contributed by atoms with Crippen molar-refractivity contribution in [3.63, 3.8) is 0 Å². The zero-order chi connectivity index (χ0) is 12.3. The molecule has 2 rings (SSSR count). The second-order valence-corrected chi connectivity index (χ2v) is 4.08. The normalized spacial score (nSPS) is 9.94. The number of hydrogen-bond donors (Lipinski definition) is 0. The topological polar surface area (TPSA) is 65.3 Å². The van der Waals surface area contributed by atoms with Gasteiger partial charge < -0.3 is 4.74 Å². The lowest BCUT2D eigenvalue weighted by molar-refractivity contribution is -0.386. The van der Waals surface area contributed by atoms with E-state index >= 15 is 0 Å². The van der Waals surface area contributed by atoms with E-state index in [0.29, 0.717) is 5.75 Å². The van der Waals surface area contributed by atoms with Gasteiger partial charge in [-0.2, -0.15) is 0 Å². The number of ether oxygens (including phenoxy) is 1. The van der Waals surface area contributed by atoms with Gasteiger partial charge in [-0.25, -0.2) is 0 Å². The van der Waals surface area contributed by atoms with Crippen molar-refractivity contribution >= 4 is 21.6 Å². The zero-order valence-corrected chi connectivity index (χ0v) is 10.1. The Labute approximate surface area is 105 Å². The fraction of sp³-hybridized carbons (Fsp3) is 0. The summed E-state index contributed by atoms with van der Waals surface area (Å²) in [5.41, 5.74) is -0.160. The molecule has 0 atom stereocenters. The molecule has 6 heteroatoms. The van der Waals surface area contributed by atoms with Gasteiger partial charge in [0.25, 0.3) is 0 Å². The van der Waals surface area contributed by atoms with Gasteiger partial charge in [-0.05, 0) is 18.2 Å². The van der Waals surface area contributed by atoms with Crippen LogP contribution in [-0.2, 0) is 0 Å². The molecule has 5 nitrogen and oxygen atoms in total. The number of hydrogen-bond acceptors (Lipinski definition) is 4. The van der Waals surface area contributed by atoms with Crippen LogP contribution in [0, 0.1) is 10.1 Å². The van der Waals surface area contributed by atoms with E-state index in [1.54, 1.807) is 18.2 Å². The number of pyridine rings is 1. The standard InChI is InChI=1S/C11H7BrN2O3/c12-8-2-1-3-9(6-8)17-11-4-5-13-7-10(11)14(15)16/h1-7H. The predicted molar refractivity (Wildman–Crippen MR) is 65.1 cm³/mol. The van der Waals surface area contributed by atoms with Crippen LogP contribution in [0.5, 0.6) is 11.5 Å². The molecule has 1 aromatic heterocycles. The molecule has 1 heterocycles. The molecule has 0 radical (unpaired) electrons. The SMILES string of the molecule is O=[N+]([O-])c1cnccc1Oc1cccc(Br)c1. The van der Waals surface area contributed by atoms with Gasteiger partial charge in [0.05, 0.1) is 4.92 Å². The van der Waals surface area contributed by atoms with Gasteiger partial charge in [-0.3, -0.25) is 15.1 Å². The van der Waals surface area contributed by atoms with Crippen molar-refractivity contribution in [2.45, 2.75) is 0 Å². The molecule has 0 saturated heterocycles. The van der Waals surface area contributed by atoms with E-state index in [4.69, 9.17) is 4.74 Å². The van der Waals surface area contributed by atoms with E-state index in [1.165, 1.54) is 12.3 Å². The highest BCUT2D eigenvalue weighted by Crippen LogP contribution is 2.30. The van der Waals surface area contributed by atoms with Gasteiger partial charge in [0.2, 0.25) is 5.75 Å². The molecule has 0 spiro atoms. The van der Waals surface area contributed by atoms with Crippen LogP contribution in [0.4, 0.5) is 5.69 Å². The summed E-state index contributed by atoms with van der Waals surface area (Å²) < 4.78 is 6.28. The zero-order valence-electron chi connectivity index (χ0n) is 8.54. The monoisotopic (exact) mass is 294 g/mol. The number of nitrogens with zero attached hydrogens (tertiary/aromatic N) is 2. The first-order chi connectivity index (χ1) is 8.16. The van der Waals surface area contributed by atoms with E-state index in [9.17, 15) is 10.1 Å². The molecule has 0 aliphatic heterocycles. The van der Waals surface area contributed by atoms with Crippen LogP contribution in [0.3, 0.4) is 0 Å². The van der Waals surface area contributed by atoms with Crippen molar-refractivity contribution in [1.29, 1.82) is 0 Å². The van der Waals surface area contributed by atoms with Crippen LogP contribution >= 0.6 is 15.9 Å². The second-order valence-electron chi connectivity index (χ2n) is 3.16. The van der Waals surface area contributed by atoms with Crippen LogP contribution in [0.1, 0.15) is 0 Å². The molecule has 17 heavy (non-hydrogen) atoms. The Hall–Kier alpha value is -1.95. The minimum Gasteiger partial charge on any atom is -0.450 e. The highest BCUT2D eigenvalue weighted by atomic mass is 79.9. The van der Waals surface area contributed by atoms with E-state index in [1.807, 2.05) is 6.07 Å². The lowest BCUT2D eigenvalue weighted by atomic mass is 10.3. The van der Waals surface area contributed by atoms with Crippen molar-refractivity contribution in [1.82, 2.24) is 4.98 Å². The molecule has 2 aromatic rings. The molecule has 0 bridgehead atoms. The first-order valence-electron chi connectivity index (χ1n) is 4.68. The van der Waals surface area contributed by atoms with Crippen molar-refractivity contribution in [2.24, 2.45) is 0 Å². The summed E-state index contributed by atoms with van der Waals surface area (Å²) in [5.74, 6) is 0.691. The summed E-state index contributed by atoms with van der Waals surface area (Å²) in [7, 11) is 0. The van der Waals surface area contributed by atoms with E-state index in [2.05, 4.69) is 20.9 Å². The Morgan fingerprint density at radius 3 is 2.88 bits per heavy atom. The summed E-state index contributed by atoms with van der Waals surface area (Å²) in [5, 5.41) is 10.8. The number of nitro groups is 1. The average Bonchev–Trinajstić information content (AvgIpc) is 2.29. The molecule has 0 N–H and O–H groups in total. The van der Waals surface area contributed by atoms with E-state index in [0.717, 1.165) is 10.7 Å². The number of benzene rings is 1. The molecule has 86 valence electrons. The maximum atomic E-state index is 10.8. The molecule has 0 amide bonds. The minimum absolute atomic E-state index is 0.160. The molecule has 0 aliphatic rings. The Bertz CT molecular complexity index is 560. The van der Waals surface area contributed by atoms with Gasteiger partial charge in [-0.15, -0.1) is 0 Å². The summed E-state index contributed by atoms with van der Waals surface area (Å²) >= 11 is 3.30. The maximum Gasteiger partial charge on any atom is 0.329 e. The Morgan fingerprint density at radius 1 is 1.35 bits per heavy atom. The van der Waals surface area contributed by atoms with E-state index in [-0.39, 0.29) is 11.4 Å². The highest BCUT2D eigenvalue weighted by Gasteiger charge is 2.15. The smallest absolute Gasteiger partial charge is 0.329 e. The lowest BCUT2D eigenvalue weighted by Crippen LogP contribution is -1.93. The molecule has 1 aromatic carbocycles. The average molecular weight is 295 g/mol. The van der Waals surface area contributed by atoms with Crippen LogP contribution in [0.25, 0.3) is 0 Å². The molecular formula is C11H7BrN2O3. The minimum atomic E-state index is -0.527. The predicted octanol–water partition coefficient (Wildman–Crippen LogP) is 3.54. The molecule has 0 fully saturated rings. The third-order valence-corrected chi connectivity index (χ3v) is 2.48. The third kappa shape index (κ3) is 2.79. The Morgan fingerprint density at radius 2 is 2.18 bits per heavy atom. The van der Waals surface area contributed by atoms with Crippen LogP contribution in [0.15, 0.2) is 47.2 Å².